The molecular formula is C21H28O6. The van der Waals surface area contributed by atoms with E-state index in [0.717, 1.165) is 18.4 Å². The Balaban J connectivity index is 1.89. The number of hydrogen-bond donors (Lipinski definition) is 2. The van der Waals surface area contributed by atoms with Gasteiger partial charge in [0, 0.05) is 25.9 Å². The number of aliphatic hydroxyl groups is 2. The summed E-state index contributed by atoms with van der Waals surface area (Å²) < 4.78 is 10.4. The maximum Gasteiger partial charge on any atom is 0.303 e. The number of esters is 1. The van der Waals surface area contributed by atoms with Crippen molar-refractivity contribution in [1.29, 1.82) is 0 Å². The zero-order valence-electron chi connectivity index (χ0n) is 15.9. The summed E-state index contributed by atoms with van der Waals surface area (Å²) in [6.07, 6.45) is 3.54. The second kappa shape index (κ2) is 7.60. The van der Waals surface area contributed by atoms with Crippen LogP contribution < -0.4 is 0 Å². The Bertz CT molecular complexity index is 708. The van der Waals surface area contributed by atoms with Crippen molar-refractivity contribution in [2.45, 2.75) is 51.7 Å². The van der Waals surface area contributed by atoms with Crippen molar-refractivity contribution in [3.8, 4) is 0 Å². The molecule has 148 valence electrons. The van der Waals surface area contributed by atoms with Crippen LogP contribution in [-0.2, 0) is 9.53 Å². The summed E-state index contributed by atoms with van der Waals surface area (Å²) >= 11 is 0. The molecule has 2 N–H and O–H groups in total. The summed E-state index contributed by atoms with van der Waals surface area (Å²) in [5.41, 5.74) is 1.12. The molecule has 0 radical (unpaired) electrons. The molecule has 0 spiro atoms. The summed E-state index contributed by atoms with van der Waals surface area (Å²) in [6, 6.07) is 1.65. The van der Waals surface area contributed by atoms with E-state index in [1.165, 1.54) is 19.5 Å². The van der Waals surface area contributed by atoms with Gasteiger partial charge in [0.25, 0.3) is 0 Å². The van der Waals surface area contributed by atoms with Gasteiger partial charge in [-0.2, -0.15) is 0 Å². The molecular weight excluding hydrogens is 348 g/mol. The van der Waals surface area contributed by atoms with E-state index in [1.807, 2.05) is 0 Å². The van der Waals surface area contributed by atoms with E-state index in [-0.39, 0.29) is 36.6 Å². The van der Waals surface area contributed by atoms with Crippen LogP contribution in [0.2, 0.25) is 0 Å². The fraction of sp³-hybridized carbons (Fsp3) is 0.619. The number of hydrogen-bond acceptors (Lipinski definition) is 6. The van der Waals surface area contributed by atoms with Crippen molar-refractivity contribution in [2.24, 2.45) is 23.2 Å². The predicted octanol–water partition coefficient (Wildman–Crippen LogP) is 2.75. The molecule has 0 bridgehead atoms. The van der Waals surface area contributed by atoms with E-state index in [2.05, 4.69) is 13.5 Å². The van der Waals surface area contributed by atoms with Gasteiger partial charge in [0.2, 0.25) is 0 Å². The minimum absolute atomic E-state index is 0.0195. The highest BCUT2D eigenvalue weighted by atomic mass is 16.6. The molecule has 6 heteroatoms. The molecule has 27 heavy (non-hydrogen) atoms. The van der Waals surface area contributed by atoms with Crippen molar-refractivity contribution in [3.05, 3.63) is 36.3 Å². The smallest absolute Gasteiger partial charge is 0.303 e. The molecule has 6 nitrogen and oxygen atoms in total. The monoisotopic (exact) mass is 376 g/mol. The Hall–Kier alpha value is -1.92. The third kappa shape index (κ3) is 3.60. The fourth-order valence-corrected chi connectivity index (χ4v) is 5.34. The molecule has 1 aromatic rings. The van der Waals surface area contributed by atoms with Crippen molar-refractivity contribution in [2.75, 3.05) is 6.61 Å². The van der Waals surface area contributed by atoms with Crippen LogP contribution >= 0.6 is 0 Å². The molecule has 0 saturated heterocycles. The predicted molar refractivity (Wildman–Crippen MR) is 97.9 cm³/mol. The number of ketones is 1. The zero-order chi connectivity index (χ0) is 19.8. The second-order valence-electron chi connectivity index (χ2n) is 8.19. The minimum atomic E-state index is -0.885. The number of aliphatic hydroxyl groups excluding tert-OH is 2. The molecule has 2 aliphatic carbocycles. The summed E-state index contributed by atoms with van der Waals surface area (Å²) in [6.45, 7) is 7.40. The highest BCUT2D eigenvalue weighted by Crippen LogP contribution is 2.58. The Morgan fingerprint density at radius 2 is 2.19 bits per heavy atom. The van der Waals surface area contributed by atoms with Gasteiger partial charge in [0.15, 0.2) is 5.78 Å². The lowest BCUT2D eigenvalue weighted by atomic mass is 9.49. The fourth-order valence-electron chi connectivity index (χ4n) is 5.34. The number of furan rings is 1. The molecule has 3 rings (SSSR count). The molecule has 2 saturated carbocycles. The van der Waals surface area contributed by atoms with E-state index in [1.54, 1.807) is 6.07 Å². The average molecular weight is 376 g/mol. The van der Waals surface area contributed by atoms with E-state index < -0.39 is 23.6 Å². The third-order valence-corrected chi connectivity index (χ3v) is 6.62. The molecule has 0 aromatic carbocycles. The summed E-state index contributed by atoms with van der Waals surface area (Å²) in [7, 11) is 0. The lowest BCUT2D eigenvalue weighted by Gasteiger charge is -2.57. The van der Waals surface area contributed by atoms with Gasteiger partial charge in [-0.15, -0.1) is 0 Å². The summed E-state index contributed by atoms with van der Waals surface area (Å²) in [5, 5.41) is 20.8. The molecule has 1 heterocycles. The van der Waals surface area contributed by atoms with Crippen LogP contribution in [0.4, 0.5) is 0 Å². The summed E-state index contributed by atoms with van der Waals surface area (Å²) in [5.74, 6) is -0.923. The van der Waals surface area contributed by atoms with Crippen LogP contribution in [0.3, 0.4) is 0 Å². The topological polar surface area (TPSA) is 97.0 Å². The van der Waals surface area contributed by atoms with Crippen LogP contribution in [0, 0.1) is 23.2 Å². The molecule has 0 amide bonds. The molecule has 6 atom stereocenters. The van der Waals surface area contributed by atoms with Gasteiger partial charge < -0.3 is 19.4 Å². The van der Waals surface area contributed by atoms with E-state index >= 15 is 0 Å². The standard InChI is InChI=1S/C21H28O6/c1-12-4-5-16-15(10-22)20(27-13(2)23)19(25)9-21(16,3)17(12)8-18(24)14-6-7-26-11-14/h6-7,11,15-17,19-20,22,25H,1,4-5,8-10H2,2-3H3. The number of fused-ring (bicyclic) bond motifs is 1. The van der Waals surface area contributed by atoms with Gasteiger partial charge >= 0.3 is 5.97 Å². The third-order valence-electron chi connectivity index (χ3n) is 6.62. The first-order valence-electron chi connectivity index (χ1n) is 9.47. The first-order chi connectivity index (χ1) is 12.8. The SMILES string of the molecule is C=C1CCC2C(CO)C(OC(C)=O)C(O)CC2(C)C1CC(=O)c1ccoc1. The second-order valence-corrected chi connectivity index (χ2v) is 8.19. The Kier molecular flexibility index (Phi) is 5.58. The highest BCUT2D eigenvalue weighted by molar-refractivity contribution is 5.96. The van der Waals surface area contributed by atoms with Gasteiger partial charge in [-0.1, -0.05) is 19.1 Å². The number of ether oxygens (including phenoxy) is 1. The normalized spacial score (nSPS) is 36.1. The average Bonchev–Trinajstić information content (AvgIpc) is 3.13. The van der Waals surface area contributed by atoms with Crippen molar-refractivity contribution >= 4 is 11.8 Å². The number of rotatable bonds is 5. The van der Waals surface area contributed by atoms with Crippen molar-refractivity contribution < 1.29 is 29.0 Å². The first kappa shape index (κ1) is 19.8. The quantitative estimate of drug-likeness (QED) is 0.466. The van der Waals surface area contributed by atoms with Crippen LogP contribution in [-0.4, -0.2) is 40.8 Å². The Labute approximate surface area is 159 Å². The summed E-state index contributed by atoms with van der Waals surface area (Å²) in [4.78, 5) is 24.2. The van der Waals surface area contributed by atoms with Gasteiger partial charge in [0.05, 0.1) is 17.9 Å². The van der Waals surface area contributed by atoms with Crippen molar-refractivity contribution in [3.63, 3.8) is 0 Å². The van der Waals surface area contributed by atoms with Gasteiger partial charge in [-0.05, 0) is 42.6 Å². The van der Waals surface area contributed by atoms with Crippen molar-refractivity contribution in [1.82, 2.24) is 0 Å². The molecule has 0 aliphatic heterocycles. The lowest BCUT2D eigenvalue weighted by Crippen LogP contribution is -2.58. The van der Waals surface area contributed by atoms with E-state index in [4.69, 9.17) is 9.15 Å². The Morgan fingerprint density at radius 3 is 2.78 bits per heavy atom. The van der Waals surface area contributed by atoms with Crippen LogP contribution in [0.5, 0.6) is 0 Å². The van der Waals surface area contributed by atoms with E-state index in [0.29, 0.717) is 12.0 Å². The molecule has 2 aliphatic rings. The molecule has 2 fully saturated rings. The number of carbonyl (C=O) groups excluding carboxylic acids is 2. The number of carbonyl (C=O) groups is 2. The maximum atomic E-state index is 12.7. The van der Waals surface area contributed by atoms with Crippen LogP contribution in [0.25, 0.3) is 0 Å². The molecule has 1 aromatic heterocycles. The molecule has 6 unspecified atom stereocenters. The van der Waals surface area contributed by atoms with Gasteiger partial charge in [0.1, 0.15) is 12.4 Å². The van der Waals surface area contributed by atoms with E-state index in [9.17, 15) is 19.8 Å². The van der Waals surface area contributed by atoms with Gasteiger partial charge in [-0.25, -0.2) is 0 Å². The van der Waals surface area contributed by atoms with Gasteiger partial charge in [-0.3, -0.25) is 9.59 Å². The zero-order valence-corrected chi connectivity index (χ0v) is 15.9. The number of Topliss-reactive ketones (excluding diaryl/α,β-unsaturated/α-hetero) is 1. The largest absolute Gasteiger partial charge is 0.472 e. The minimum Gasteiger partial charge on any atom is -0.472 e. The van der Waals surface area contributed by atoms with Crippen LogP contribution in [0.15, 0.2) is 35.2 Å². The number of allylic oxidation sites excluding steroid dienone is 1. The lowest BCUT2D eigenvalue weighted by molar-refractivity contribution is -0.186. The van der Waals surface area contributed by atoms with Crippen LogP contribution in [0.1, 0.15) is 49.9 Å². The Morgan fingerprint density at radius 1 is 1.44 bits per heavy atom. The first-order valence-corrected chi connectivity index (χ1v) is 9.47. The maximum absolute atomic E-state index is 12.7. The highest BCUT2D eigenvalue weighted by Gasteiger charge is 2.56.